The van der Waals surface area contributed by atoms with Crippen molar-refractivity contribution in [1.29, 1.82) is 0 Å². The third kappa shape index (κ3) is 5.29. The molecule has 2 N–H and O–H groups in total. The Balaban J connectivity index is 1.84. The van der Waals surface area contributed by atoms with Crippen LogP contribution in [0.25, 0.3) is 17.1 Å². The van der Waals surface area contributed by atoms with E-state index in [4.69, 9.17) is 9.47 Å². The molecule has 0 amide bonds. The first-order valence-corrected chi connectivity index (χ1v) is 13.3. The summed E-state index contributed by atoms with van der Waals surface area (Å²) in [7, 11) is 0.646. The quantitative estimate of drug-likeness (QED) is 0.309. The van der Waals surface area contributed by atoms with Gasteiger partial charge in [-0.1, -0.05) is 6.07 Å². The fourth-order valence-electron chi connectivity index (χ4n) is 4.01. The van der Waals surface area contributed by atoms with E-state index < -0.39 is 21.3 Å². The topological polar surface area (TPSA) is 146 Å². The van der Waals surface area contributed by atoms with E-state index in [1.54, 1.807) is 61.5 Å². The fourth-order valence-corrected chi connectivity index (χ4v) is 5.20. The van der Waals surface area contributed by atoms with Crippen molar-refractivity contribution in [2.75, 3.05) is 26.0 Å². The van der Waals surface area contributed by atoms with E-state index in [1.165, 1.54) is 14.2 Å². The molecular weight excluding hydrogens is 508 g/mol. The predicted octanol–water partition coefficient (Wildman–Crippen LogP) is 2.84. The molecule has 0 saturated carbocycles. The number of rotatable bonds is 10. The lowest BCUT2D eigenvalue weighted by Crippen LogP contribution is -2.38. The van der Waals surface area contributed by atoms with Crippen molar-refractivity contribution in [3.63, 3.8) is 0 Å². The average Bonchev–Trinajstić information content (AvgIpc) is 3.31. The highest BCUT2D eigenvalue weighted by atomic mass is 32.2. The molecule has 2 atom stereocenters. The van der Waals surface area contributed by atoms with E-state index in [1.807, 2.05) is 19.9 Å². The molecule has 1 aromatic carbocycles. The van der Waals surface area contributed by atoms with Crippen LogP contribution in [0.3, 0.4) is 0 Å². The van der Waals surface area contributed by atoms with E-state index >= 15 is 0 Å². The van der Waals surface area contributed by atoms with Crippen molar-refractivity contribution in [3.8, 4) is 28.6 Å². The Morgan fingerprint density at radius 2 is 1.61 bits per heavy atom. The van der Waals surface area contributed by atoms with Crippen LogP contribution in [0, 0.1) is 13.8 Å². The number of aryl methyl sites for hydroxylation is 2. The summed E-state index contributed by atoms with van der Waals surface area (Å²) in [6, 6.07) is 6.43. The van der Waals surface area contributed by atoms with Crippen LogP contribution >= 0.6 is 0 Å². The molecule has 0 aliphatic rings. The molecule has 3 heterocycles. The third-order valence-electron chi connectivity index (χ3n) is 6.00. The standard InChI is InChI=1S/C25H30N8O4S/c1-15-10-18(14-27-11-15)24-30-31-25(33(24)22-19(36-5)8-7-9-20(22)37-6)32-38(34,35)17(3)21(26-4)23-28-12-16(2)13-29-23/h7-14,17,21,26H,1-6H3,(H,31,32)/t17-,21-/m0/s1. The van der Waals surface area contributed by atoms with Gasteiger partial charge >= 0.3 is 0 Å². The molecular formula is C25H30N8O4S. The lowest BCUT2D eigenvalue weighted by Gasteiger charge is -2.23. The molecule has 12 nitrogen and oxygen atoms in total. The van der Waals surface area contributed by atoms with Gasteiger partial charge in [-0.2, -0.15) is 0 Å². The van der Waals surface area contributed by atoms with Gasteiger partial charge in [0.15, 0.2) is 5.82 Å². The summed E-state index contributed by atoms with van der Waals surface area (Å²) >= 11 is 0. The van der Waals surface area contributed by atoms with E-state index in [0.29, 0.717) is 34.4 Å². The highest BCUT2D eigenvalue weighted by Crippen LogP contribution is 2.38. The molecule has 0 spiro atoms. The minimum absolute atomic E-state index is 0.0455. The van der Waals surface area contributed by atoms with E-state index in [0.717, 1.165) is 11.1 Å². The normalized spacial score (nSPS) is 13.1. The predicted molar refractivity (Wildman–Crippen MR) is 143 cm³/mol. The summed E-state index contributed by atoms with van der Waals surface area (Å²) in [4.78, 5) is 12.9. The SMILES string of the molecule is CN[C@H](c1ncc(C)cn1)[C@H](C)S(=O)(=O)Nc1nnc(-c2cncc(C)c2)n1-c1c(OC)cccc1OC. The van der Waals surface area contributed by atoms with Gasteiger partial charge < -0.3 is 14.8 Å². The number of ether oxygens (including phenoxy) is 2. The first-order valence-electron chi connectivity index (χ1n) is 11.8. The van der Waals surface area contributed by atoms with Crippen LogP contribution in [-0.4, -0.2) is 64.7 Å². The molecule has 0 fully saturated rings. The van der Waals surface area contributed by atoms with Crippen molar-refractivity contribution < 1.29 is 17.9 Å². The number of para-hydroxylation sites is 1. The third-order valence-corrected chi connectivity index (χ3v) is 7.72. The van der Waals surface area contributed by atoms with Gasteiger partial charge in [0.2, 0.25) is 16.0 Å². The van der Waals surface area contributed by atoms with Gasteiger partial charge in [-0.25, -0.2) is 18.4 Å². The first-order chi connectivity index (χ1) is 18.2. The van der Waals surface area contributed by atoms with Crippen LogP contribution in [0.5, 0.6) is 11.5 Å². The smallest absolute Gasteiger partial charge is 0.243 e. The Kier molecular flexibility index (Phi) is 7.88. The molecule has 3 aromatic heterocycles. The first kappa shape index (κ1) is 26.9. The average molecular weight is 539 g/mol. The second kappa shape index (κ2) is 11.1. The lowest BCUT2D eigenvalue weighted by atomic mass is 10.2. The maximum absolute atomic E-state index is 13.7. The number of nitrogens with one attached hydrogen (secondary N) is 2. The highest BCUT2D eigenvalue weighted by molar-refractivity contribution is 7.93. The summed E-state index contributed by atoms with van der Waals surface area (Å²) in [6.45, 7) is 5.33. The molecule has 4 rings (SSSR count). The molecule has 200 valence electrons. The van der Waals surface area contributed by atoms with Gasteiger partial charge in [0, 0.05) is 30.4 Å². The molecule has 0 bridgehead atoms. The zero-order chi connectivity index (χ0) is 27.4. The molecule has 0 aliphatic heterocycles. The Bertz CT molecular complexity index is 1500. The maximum atomic E-state index is 13.7. The summed E-state index contributed by atoms with van der Waals surface area (Å²) < 4.78 is 42.7. The minimum atomic E-state index is -4.04. The van der Waals surface area contributed by atoms with Crippen LogP contribution in [0.4, 0.5) is 5.95 Å². The van der Waals surface area contributed by atoms with Crippen molar-refractivity contribution in [2.45, 2.75) is 32.1 Å². The van der Waals surface area contributed by atoms with Crippen LogP contribution in [-0.2, 0) is 10.0 Å². The van der Waals surface area contributed by atoms with E-state index in [-0.39, 0.29) is 5.95 Å². The number of benzene rings is 1. The van der Waals surface area contributed by atoms with Crippen LogP contribution in [0.1, 0.15) is 29.9 Å². The van der Waals surface area contributed by atoms with Gasteiger partial charge in [-0.05, 0) is 57.1 Å². The molecule has 0 radical (unpaired) electrons. The fraction of sp³-hybridized carbons (Fsp3) is 0.320. The Morgan fingerprint density at radius 3 is 2.18 bits per heavy atom. The monoisotopic (exact) mass is 538 g/mol. The molecule has 0 saturated heterocycles. The zero-order valence-electron chi connectivity index (χ0n) is 22.0. The lowest BCUT2D eigenvalue weighted by molar-refractivity contribution is 0.391. The van der Waals surface area contributed by atoms with Crippen molar-refractivity contribution in [1.82, 2.24) is 35.0 Å². The minimum Gasteiger partial charge on any atom is -0.494 e. The molecule has 13 heteroatoms. The maximum Gasteiger partial charge on any atom is 0.243 e. The van der Waals surface area contributed by atoms with Crippen LogP contribution in [0.2, 0.25) is 0 Å². The zero-order valence-corrected chi connectivity index (χ0v) is 22.8. The largest absolute Gasteiger partial charge is 0.494 e. The number of hydrogen-bond donors (Lipinski definition) is 2. The van der Waals surface area contributed by atoms with Crippen LogP contribution < -0.4 is 19.5 Å². The number of pyridine rings is 1. The number of anilines is 1. The summed E-state index contributed by atoms with van der Waals surface area (Å²) in [6.07, 6.45) is 6.63. The molecule has 0 unspecified atom stereocenters. The van der Waals surface area contributed by atoms with Gasteiger partial charge in [-0.15, -0.1) is 10.2 Å². The number of sulfonamides is 1. The van der Waals surface area contributed by atoms with Crippen LogP contribution in [0.15, 0.2) is 49.1 Å². The molecule has 4 aromatic rings. The molecule has 38 heavy (non-hydrogen) atoms. The van der Waals surface area contributed by atoms with Crippen molar-refractivity contribution >= 4 is 16.0 Å². The second-order valence-corrected chi connectivity index (χ2v) is 10.7. The summed E-state index contributed by atoms with van der Waals surface area (Å²) in [5, 5.41) is 10.6. The molecule has 0 aliphatic carbocycles. The van der Waals surface area contributed by atoms with Gasteiger partial charge in [0.1, 0.15) is 28.3 Å². The Morgan fingerprint density at radius 1 is 0.947 bits per heavy atom. The van der Waals surface area contributed by atoms with E-state index in [2.05, 4.69) is 35.2 Å². The Hall–Kier alpha value is -4.10. The van der Waals surface area contributed by atoms with Gasteiger partial charge in [0.05, 0.1) is 20.3 Å². The highest BCUT2D eigenvalue weighted by Gasteiger charge is 2.34. The van der Waals surface area contributed by atoms with E-state index in [9.17, 15) is 8.42 Å². The number of hydrogen-bond acceptors (Lipinski definition) is 10. The second-order valence-electron chi connectivity index (χ2n) is 8.68. The van der Waals surface area contributed by atoms with Crippen molar-refractivity contribution in [3.05, 3.63) is 66.0 Å². The van der Waals surface area contributed by atoms with Crippen molar-refractivity contribution in [2.24, 2.45) is 0 Å². The summed E-state index contributed by atoms with van der Waals surface area (Å²) in [5.41, 5.74) is 2.82. The number of methoxy groups -OCH3 is 2. The Labute approximate surface area is 221 Å². The van der Waals surface area contributed by atoms with Gasteiger partial charge in [-0.3, -0.25) is 14.3 Å². The summed E-state index contributed by atoms with van der Waals surface area (Å²) in [5.74, 6) is 1.52. The number of nitrogens with zero attached hydrogens (tertiary/aromatic N) is 6. The van der Waals surface area contributed by atoms with Gasteiger partial charge in [0.25, 0.3) is 0 Å². The number of aromatic nitrogens is 6.